The molecule has 0 spiro atoms. The van der Waals surface area contributed by atoms with Gasteiger partial charge in [0.2, 0.25) is 5.91 Å². The van der Waals surface area contributed by atoms with Gasteiger partial charge < -0.3 is 25.0 Å². The minimum atomic E-state index is -0.955. The Labute approximate surface area is 214 Å². The van der Waals surface area contributed by atoms with Crippen LogP contribution in [-0.2, 0) is 14.3 Å². The highest BCUT2D eigenvalue weighted by atomic mass is 16.6. The molecule has 0 aliphatic rings. The number of amides is 3. The van der Waals surface area contributed by atoms with Gasteiger partial charge in [-0.05, 0) is 85.2 Å². The fourth-order valence-corrected chi connectivity index (χ4v) is 3.65. The van der Waals surface area contributed by atoms with Gasteiger partial charge >= 0.3 is 6.09 Å². The van der Waals surface area contributed by atoms with Crippen LogP contribution in [0, 0.1) is 6.92 Å². The molecule has 8 heteroatoms. The van der Waals surface area contributed by atoms with Gasteiger partial charge in [-0.2, -0.15) is 0 Å². The van der Waals surface area contributed by atoms with Gasteiger partial charge in [-0.25, -0.2) is 4.79 Å². The fraction of sp³-hybridized carbons (Fsp3) is 0.464. The number of anilines is 1. The molecule has 0 saturated carbocycles. The van der Waals surface area contributed by atoms with E-state index in [0.29, 0.717) is 17.0 Å². The molecule has 0 bridgehead atoms. The molecule has 2 atom stereocenters. The predicted octanol–water partition coefficient (Wildman–Crippen LogP) is 5.22. The van der Waals surface area contributed by atoms with Crippen molar-refractivity contribution in [2.24, 2.45) is 0 Å². The van der Waals surface area contributed by atoms with E-state index in [0.717, 1.165) is 5.56 Å². The molecule has 3 amide bonds. The maximum absolute atomic E-state index is 13.8. The number of methoxy groups -OCH3 is 1. The van der Waals surface area contributed by atoms with Crippen LogP contribution in [-0.4, -0.2) is 47.1 Å². The van der Waals surface area contributed by atoms with Gasteiger partial charge in [0.15, 0.2) is 0 Å². The summed E-state index contributed by atoms with van der Waals surface area (Å²) in [6, 6.07) is 12.6. The Morgan fingerprint density at radius 1 is 0.889 bits per heavy atom. The van der Waals surface area contributed by atoms with Gasteiger partial charge in [0.1, 0.15) is 23.4 Å². The first-order valence-electron chi connectivity index (χ1n) is 12.0. The average molecular weight is 498 g/mol. The van der Waals surface area contributed by atoms with Crippen molar-refractivity contribution in [2.45, 2.75) is 78.6 Å². The molecule has 0 fully saturated rings. The molecule has 0 radical (unpaired) electrons. The van der Waals surface area contributed by atoms with Gasteiger partial charge in [-0.3, -0.25) is 9.59 Å². The Kier molecular flexibility index (Phi) is 9.13. The lowest BCUT2D eigenvalue weighted by molar-refractivity contribution is -0.146. The summed E-state index contributed by atoms with van der Waals surface area (Å²) in [4.78, 5) is 41.4. The summed E-state index contributed by atoms with van der Waals surface area (Å²) >= 11 is 0. The molecule has 2 rings (SSSR count). The van der Waals surface area contributed by atoms with Crippen LogP contribution in [0.25, 0.3) is 0 Å². The van der Waals surface area contributed by atoms with Gasteiger partial charge in [0.25, 0.3) is 5.91 Å². The Balaban J connectivity index is 2.45. The topological polar surface area (TPSA) is 97.0 Å². The molecule has 8 nitrogen and oxygen atoms in total. The number of alkyl carbamates (subject to hydrolysis) is 1. The van der Waals surface area contributed by atoms with Crippen molar-refractivity contribution in [3.63, 3.8) is 0 Å². The quantitative estimate of drug-likeness (QED) is 0.546. The Bertz CT molecular complexity index is 1050. The van der Waals surface area contributed by atoms with E-state index in [1.165, 1.54) is 4.90 Å². The first-order valence-corrected chi connectivity index (χ1v) is 12.0. The molecule has 2 aromatic carbocycles. The summed E-state index contributed by atoms with van der Waals surface area (Å²) in [5.74, 6) is -0.128. The monoisotopic (exact) mass is 497 g/mol. The van der Waals surface area contributed by atoms with E-state index in [4.69, 9.17) is 9.47 Å². The van der Waals surface area contributed by atoms with Crippen LogP contribution in [0.5, 0.6) is 5.75 Å². The minimum Gasteiger partial charge on any atom is -0.497 e. The standard InChI is InChI=1S/C28H39N3O5/c1-18-10-12-20(13-11-18)23(24(32)30-21-14-16-22(35-9)17-15-21)31(27(3,4)5)25(33)19(2)29-26(34)36-28(6,7)8/h10-17,19,23H,1-9H3,(H,29,34)(H,30,32). The van der Waals surface area contributed by atoms with Crippen molar-refractivity contribution in [1.29, 1.82) is 0 Å². The molecule has 196 valence electrons. The van der Waals surface area contributed by atoms with Gasteiger partial charge in [0.05, 0.1) is 7.11 Å². The summed E-state index contributed by atoms with van der Waals surface area (Å²) in [5.41, 5.74) is 0.785. The molecule has 0 aliphatic carbocycles. The van der Waals surface area contributed by atoms with Gasteiger partial charge in [-0.1, -0.05) is 29.8 Å². The maximum Gasteiger partial charge on any atom is 0.408 e. The minimum absolute atomic E-state index is 0.378. The van der Waals surface area contributed by atoms with Crippen LogP contribution in [0.1, 0.15) is 65.6 Å². The number of hydrogen-bond donors (Lipinski definition) is 2. The number of hydrogen-bond acceptors (Lipinski definition) is 5. The molecule has 0 saturated heterocycles. The van der Waals surface area contributed by atoms with E-state index in [-0.39, 0.29) is 5.91 Å². The molecule has 0 aliphatic heterocycles. The smallest absolute Gasteiger partial charge is 0.408 e. The zero-order chi connectivity index (χ0) is 27.3. The summed E-state index contributed by atoms with van der Waals surface area (Å²) in [7, 11) is 1.57. The van der Waals surface area contributed by atoms with E-state index in [1.807, 2.05) is 52.0 Å². The van der Waals surface area contributed by atoms with Crippen molar-refractivity contribution < 1.29 is 23.9 Å². The maximum atomic E-state index is 13.8. The largest absolute Gasteiger partial charge is 0.497 e. The third kappa shape index (κ3) is 8.00. The second-order valence-corrected chi connectivity index (χ2v) is 10.8. The van der Waals surface area contributed by atoms with Crippen molar-refractivity contribution in [3.05, 3.63) is 59.7 Å². The second kappa shape index (κ2) is 11.5. The molecular formula is C28H39N3O5. The first-order chi connectivity index (χ1) is 16.6. The van der Waals surface area contributed by atoms with Crippen molar-refractivity contribution in [1.82, 2.24) is 10.2 Å². The van der Waals surface area contributed by atoms with E-state index in [9.17, 15) is 14.4 Å². The van der Waals surface area contributed by atoms with Crippen LogP contribution >= 0.6 is 0 Å². The number of benzene rings is 2. The Morgan fingerprint density at radius 3 is 1.92 bits per heavy atom. The lowest BCUT2D eigenvalue weighted by Crippen LogP contribution is -2.57. The summed E-state index contributed by atoms with van der Waals surface area (Å²) in [6.07, 6.45) is -0.702. The second-order valence-electron chi connectivity index (χ2n) is 10.8. The van der Waals surface area contributed by atoms with Crippen LogP contribution in [0.3, 0.4) is 0 Å². The Hall–Kier alpha value is -3.55. The first kappa shape index (κ1) is 28.7. The van der Waals surface area contributed by atoms with Crippen molar-refractivity contribution in [3.8, 4) is 5.75 Å². The normalized spacial score (nSPS) is 13.2. The molecule has 2 aromatic rings. The number of carbonyl (C=O) groups is 3. The van der Waals surface area contributed by atoms with Gasteiger partial charge in [-0.15, -0.1) is 0 Å². The van der Waals surface area contributed by atoms with E-state index in [2.05, 4.69) is 10.6 Å². The van der Waals surface area contributed by atoms with Gasteiger partial charge in [0, 0.05) is 11.2 Å². The lowest BCUT2D eigenvalue weighted by Gasteiger charge is -2.42. The van der Waals surface area contributed by atoms with Crippen LogP contribution in [0.2, 0.25) is 0 Å². The molecule has 0 heterocycles. The number of aryl methyl sites for hydroxylation is 1. The van der Waals surface area contributed by atoms with E-state index in [1.54, 1.807) is 59.1 Å². The molecule has 0 aromatic heterocycles. The number of ether oxygens (including phenoxy) is 2. The highest BCUT2D eigenvalue weighted by Gasteiger charge is 2.40. The highest BCUT2D eigenvalue weighted by Crippen LogP contribution is 2.31. The zero-order valence-electron chi connectivity index (χ0n) is 22.8. The van der Waals surface area contributed by atoms with E-state index < -0.39 is 35.2 Å². The zero-order valence-corrected chi connectivity index (χ0v) is 22.8. The molecule has 2 unspecified atom stereocenters. The van der Waals surface area contributed by atoms with Crippen molar-refractivity contribution in [2.75, 3.05) is 12.4 Å². The number of nitrogens with one attached hydrogen (secondary N) is 2. The third-order valence-corrected chi connectivity index (χ3v) is 5.32. The number of rotatable bonds is 7. The highest BCUT2D eigenvalue weighted by molar-refractivity contribution is 5.99. The summed E-state index contributed by atoms with van der Waals surface area (Å²) in [5, 5.41) is 5.53. The third-order valence-electron chi connectivity index (χ3n) is 5.32. The summed E-state index contributed by atoms with van der Waals surface area (Å²) < 4.78 is 10.5. The van der Waals surface area contributed by atoms with Crippen molar-refractivity contribution >= 4 is 23.6 Å². The van der Waals surface area contributed by atoms with Crippen LogP contribution in [0.15, 0.2) is 48.5 Å². The predicted molar refractivity (Wildman–Crippen MR) is 141 cm³/mol. The Morgan fingerprint density at radius 2 is 1.44 bits per heavy atom. The summed E-state index contributed by atoms with van der Waals surface area (Å²) in [6.45, 7) is 14.3. The SMILES string of the molecule is COc1ccc(NC(=O)C(c2ccc(C)cc2)N(C(=O)C(C)NC(=O)OC(C)(C)C)C(C)(C)C)cc1. The molecule has 2 N–H and O–H groups in total. The molecular weight excluding hydrogens is 458 g/mol. The van der Waals surface area contributed by atoms with Crippen LogP contribution < -0.4 is 15.4 Å². The van der Waals surface area contributed by atoms with Crippen LogP contribution in [0.4, 0.5) is 10.5 Å². The fourth-order valence-electron chi connectivity index (χ4n) is 3.65. The lowest BCUT2D eigenvalue weighted by atomic mass is 9.95. The number of nitrogens with zero attached hydrogens (tertiary/aromatic N) is 1. The number of carbonyl (C=O) groups excluding carboxylic acids is 3. The van der Waals surface area contributed by atoms with E-state index >= 15 is 0 Å². The average Bonchev–Trinajstić information content (AvgIpc) is 2.76. The molecule has 36 heavy (non-hydrogen) atoms.